The second kappa shape index (κ2) is 7.93. The highest BCUT2D eigenvalue weighted by molar-refractivity contribution is 7.50. The average molecular weight is 466 g/mol. The SMILES string of the molecule is C#CC1(OC(=O)c2ccc3c(c2)c2ccccc2[s+]3-c2ccc(C(F)(F)F)cc2)CCCC1. The molecule has 0 saturated heterocycles. The van der Waals surface area contributed by atoms with Gasteiger partial charge in [-0.15, -0.1) is 6.42 Å². The van der Waals surface area contributed by atoms with Crippen molar-refractivity contribution in [2.75, 3.05) is 0 Å². The Morgan fingerprint density at radius 2 is 1.61 bits per heavy atom. The summed E-state index contributed by atoms with van der Waals surface area (Å²) in [6.45, 7) is 0. The molecule has 1 aliphatic rings. The van der Waals surface area contributed by atoms with E-state index in [-0.39, 0.29) is 0 Å². The highest BCUT2D eigenvalue weighted by atomic mass is 32.2. The number of thiophene rings is 1. The molecule has 33 heavy (non-hydrogen) atoms. The van der Waals surface area contributed by atoms with Crippen LogP contribution in [0.2, 0.25) is 0 Å². The van der Waals surface area contributed by atoms with Crippen LogP contribution in [0.1, 0.15) is 41.6 Å². The van der Waals surface area contributed by atoms with Crippen LogP contribution in [0.3, 0.4) is 0 Å². The minimum absolute atomic E-state index is 0.419. The maximum atomic E-state index is 13.0. The standard InChI is InChI=1S/C27H20F3O2S/c1-2-26(15-5-6-16-26)32-25(31)18-9-14-24-22(17-18)21-7-3-4-8-23(21)33(24)20-12-10-19(11-13-20)27(28,29)30/h1,3-4,7-14,17H,5-6,15-16H2/q+1. The second-order valence-electron chi connectivity index (χ2n) is 8.27. The monoisotopic (exact) mass is 465 g/mol. The lowest BCUT2D eigenvalue weighted by Crippen LogP contribution is -2.30. The third-order valence-electron chi connectivity index (χ3n) is 6.21. The molecule has 3 aromatic carbocycles. The number of hydrogen-bond donors (Lipinski definition) is 0. The highest BCUT2D eigenvalue weighted by Gasteiger charge is 2.36. The van der Waals surface area contributed by atoms with Crippen LogP contribution in [0.5, 0.6) is 0 Å². The van der Waals surface area contributed by atoms with Gasteiger partial charge in [0, 0.05) is 21.2 Å². The molecule has 1 saturated carbocycles. The van der Waals surface area contributed by atoms with E-state index >= 15 is 0 Å². The fourth-order valence-corrected chi connectivity index (χ4v) is 6.88. The van der Waals surface area contributed by atoms with E-state index in [1.54, 1.807) is 6.07 Å². The van der Waals surface area contributed by atoms with Crippen molar-refractivity contribution in [3.63, 3.8) is 0 Å². The van der Waals surface area contributed by atoms with Gasteiger partial charge in [0.15, 0.2) is 19.9 Å². The summed E-state index contributed by atoms with van der Waals surface area (Å²) in [7, 11) is -0.563. The molecule has 166 valence electrons. The van der Waals surface area contributed by atoms with Crippen LogP contribution >= 0.6 is 10.5 Å². The van der Waals surface area contributed by atoms with Crippen LogP contribution in [-0.4, -0.2) is 11.6 Å². The number of terminal acetylenes is 1. The van der Waals surface area contributed by atoms with Crippen molar-refractivity contribution in [1.82, 2.24) is 0 Å². The molecule has 0 amide bonds. The first-order chi connectivity index (χ1) is 15.8. The molecule has 1 aromatic heterocycles. The van der Waals surface area contributed by atoms with E-state index < -0.39 is 33.8 Å². The molecule has 0 bridgehead atoms. The molecule has 1 unspecified atom stereocenters. The van der Waals surface area contributed by atoms with E-state index in [1.165, 1.54) is 12.1 Å². The van der Waals surface area contributed by atoms with E-state index in [2.05, 4.69) is 5.92 Å². The smallest absolute Gasteiger partial charge is 0.416 e. The predicted molar refractivity (Wildman–Crippen MR) is 126 cm³/mol. The zero-order valence-electron chi connectivity index (χ0n) is 17.6. The molecule has 0 spiro atoms. The largest absolute Gasteiger partial charge is 0.442 e. The summed E-state index contributed by atoms with van der Waals surface area (Å²) in [5.74, 6) is 2.22. The van der Waals surface area contributed by atoms with Gasteiger partial charge in [-0.05, 0) is 80.3 Å². The Kier molecular flexibility index (Phi) is 5.18. The zero-order chi connectivity index (χ0) is 23.2. The molecule has 0 aliphatic heterocycles. The summed E-state index contributed by atoms with van der Waals surface area (Å²) in [5, 5.41) is 1.86. The van der Waals surface area contributed by atoms with Gasteiger partial charge in [0.05, 0.1) is 11.1 Å². The Bertz CT molecular complexity index is 1400. The number of hydrogen-bond acceptors (Lipinski definition) is 2. The average Bonchev–Trinajstić information content (AvgIpc) is 3.41. The summed E-state index contributed by atoms with van der Waals surface area (Å²) >= 11 is 0. The molecular formula is C27H20F3O2S+. The third-order valence-corrected chi connectivity index (χ3v) is 8.55. The first-order valence-corrected chi connectivity index (χ1v) is 11.9. The Morgan fingerprint density at radius 3 is 2.27 bits per heavy atom. The zero-order valence-corrected chi connectivity index (χ0v) is 18.4. The van der Waals surface area contributed by atoms with Crippen LogP contribution in [0.4, 0.5) is 13.2 Å². The number of halogens is 3. The van der Waals surface area contributed by atoms with Crippen LogP contribution in [0, 0.1) is 12.3 Å². The lowest BCUT2D eigenvalue weighted by molar-refractivity contribution is -0.137. The van der Waals surface area contributed by atoms with E-state index in [0.717, 1.165) is 50.0 Å². The summed E-state index contributed by atoms with van der Waals surface area (Å²) < 4.78 is 46.9. The fraction of sp³-hybridized carbons (Fsp3) is 0.222. The van der Waals surface area contributed by atoms with Gasteiger partial charge in [0.2, 0.25) is 0 Å². The van der Waals surface area contributed by atoms with E-state index in [1.807, 2.05) is 36.4 Å². The van der Waals surface area contributed by atoms with Crippen LogP contribution in [-0.2, 0) is 10.9 Å². The van der Waals surface area contributed by atoms with Gasteiger partial charge >= 0.3 is 12.1 Å². The van der Waals surface area contributed by atoms with Gasteiger partial charge in [-0.1, -0.05) is 18.1 Å². The van der Waals surface area contributed by atoms with E-state index in [9.17, 15) is 18.0 Å². The van der Waals surface area contributed by atoms with Gasteiger partial charge in [-0.2, -0.15) is 13.2 Å². The number of fused-ring (bicyclic) bond motifs is 3. The van der Waals surface area contributed by atoms with Gasteiger partial charge < -0.3 is 4.74 Å². The van der Waals surface area contributed by atoms with Crippen molar-refractivity contribution >= 4 is 36.6 Å². The first-order valence-electron chi connectivity index (χ1n) is 10.7. The van der Waals surface area contributed by atoms with Crippen LogP contribution in [0.25, 0.3) is 25.1 Å². The quantitative estimate of drug-likeness (QED) is 0.175. The summed E-state index contributed by atoms with van der Waals surface area (Å²) in [6.07, 6.45) is 4.50. The number of esters is 1. The predicted octanol–water partition coefficient (Wildman–Crippen LogP) is 7.85. The number of carbonyl (C=O) groups excluding carboxylic acids is 1. The Balaban J connectivity index is 1.60. The number of benzene rings is 3. The Hall–Kier alpha value is -3.30. The summed E-state index contributed by atoms with van der Waals surface area (Å²) in [4.78, 5) is 13.7. The van der Waals surface area contributed by atoms with Crippen molar-refractivity contribution in [2.45, 2.75) is 37.5 Å². The van der Waals surface area contributed by atoms with Gasteiger partial charge in [-0.3, -0.25) is 0 Å². The molecule has 0 radical (unpaired) electrons. The maximum absolute atomic E-state index is 13.0. The van der Waals surface area contributed by atoms with Crippen LogP contribution in [0.15, 0.2) is 66.7 Å². The number of rotatable bonds is 3. The number of ether oxygens (including phenoxy) is 1. The molecule has 6 heteroatoms. The second-order valence-corrected chi connectivity index (χ2v) is 10.2. The summed E-state index contributed by atoms with van der Waals surface area (Å²) in [6, 6.07) is 18.5. The van der Waals surface area contributed by atoms with Crippen molar-refractivity contribution < 1.29 is 22.7 Å². The molecule has 2 nitrogen and oxygen atoms in total. The van der Waals surface area contributed by atoms with E-state index in [4.69, 9.17) is 11.2 Å². The van der Waals surface area contributed by atoms with Gasteiger partial charge in [-0.25, -0.2) is 4.79 Å². The Morgan fingerprint density at radius 1 is 0.939 bits per heavy atom. The number of carbonyl (C=O) groups is 1. The minimum Gasteiger partial charge on any atom is -0.442 e. The van der Waals surface area contributed by atoms with Crippen molar-refractivity contribution in [3.8, 4) is 17.2 Å². The lowest BCUT2D eigenvalue weighted by atomic mass is 10.0. The molecule has 1 fully saturated rings. The van der Waals surface area contributed by atoms with Gasteiger partial charge in [0.1, 0.15) is 0 Å². The number of alkyl halides is 3. The van der Waals surface area contributed by atoms with Crippen LogP contribution < -0.4 is 0 Å². The topological polar surface area (TPSA) is 26.3 Å². The molecule has 4 aromatic rings. The molecule has 1 atom stereocenters. The maximum Gasteiger partial charge on any atom is 0.416 e. The van der Waals surface area contributed by atoms with Crippen molar-refractivity contribution in [3.05, 3.63) is 77.9 Å². The van der Waals surface area contributed by atoms with Crippen molar-refractivity contribution in [1.29, 1.82) is 0 Å². The lowest BCUT2D eigenvalue weighted by Gasteiger charge is -2.22. The molecule has 1 aliphatic carbocycles. The Labute approximate surface area is 192 Å². The molecular weight excluding hydrogens is 445 g/mol. The normalized spacial score (nSPS) is 16.1. The third kappa shape index (κ3) is 3.77. The molecule has 5 rings (SSSR count). The van der Waals surface area contributed by atoms with Gasteiger partial charge in [0.25, 0.3) is 0 Å². The highest BCUT2D eigenvalue weighted by Crippen LogP contribution is 2.49. The molecule has 1 heterocycles. The minimum atomic E-state index is -4.38. The van der Waals surface area contributed by atoms with E-state index in [0.29, 0.717) is 18.4 Å². The fourth-order valence-electron chi connectivity index (χ4n) is 4.52. The summed E-state index contributed by atoms with van der Waals surface area (Å²) in [5.41, 5.74) is -1.09. The van der Waals surface area contributed by atoms with Crippen molar-refractivity contribution in [2.24, 2.45) is 0 Å². The molecule has 0 N–H and O–H groups in total. The first kappa shape index (κ1) is 21.5.